The summed E-state index contributed by atoms with van der Waals surface area (Å²) >= 11 is 4.87. The van der Waals surface area contributed by atoms with E-state index in [4.69, 9.17) is 22.7 Å². The molecule has 1 rings (SSSR count). The van der Waals surface area contributed by atoms with E-state index >= 15 is 0 Å². The Morgan fingerprint density at radius 3 is 2.47 bits per heavy atom. The van der Waals surface area contributed by atoms with Crippen molar-refractivity contribution in [3.05, 3.63) is 35.9 Å². The molecule has 0 bridgehead atoms. The van der Waals surface area contributed by atoms with Crippen molar-refractivity contribution in [3.63, 3.8) is 0 Å². The van der Waals surface area contributed by atoms with E-state index in [0.717, 1.165) is 5.56 Å². The van der Waals surface area contributed by atoms with Crippen molar-refractivity contribution in [2.24, 2.45) is 5.73 Å². The van der Waals surface area contributed by atoms with Gasteiger partial charge >= 0.3 is 0 Å². The Morgan fingerprint density at radius 1 is 1.42 bits per heavy atom. The van der Waals surface area contributed by atoms with Gasteiger partial charge in [-0.3, -0.25) is 4.79 Å². The second-order valence-electron chi connectivity index (χ2n) is 4.50. The first kappa shape index (κ1) is 15.6. The number of carbonyl (C=O) groups is 1. The molecule has 1 aromatic carbocycles. The highest BCUT2D eigenvalue weighted by Crippen LogP contribution is 2.20. The van der Waals surface area contributed by atoms with Crippen molar-refractivity contribution in [1.82, 2.24) is 4.90 Å². The van der Waals surface area contributed by atoms with E-state index in [1.807, 2.05) is 37.3 Å². The van der Waals surface area contributed by atoms with Crippen LogP contribution >= 0.6 is 12.2 Å². The van der Waals surface area contributed by atoms with Crippen LogP contribution in [0.3, 0.4) is 0 Å². The van der Waals surface area contributed by atoms with E-state index < -0.39 is 6.10 Å². The first-order valence-corrected chi connectivity index (χ1v) is 6.51. The lowest BCUT2D eigenvalue weighted by Crippen LogP contribution is -2.40. The minimum absolute atomic E-state index is 0.0497. The molecule has 0 spiro atoms. The van der Waals surface area contributed by atoms with Crippen LogP contribution in [-0.2, 0) is 9.53 Å². The third-order valence-corrected chi connectivity index (χ3v) is 3.23. The van der Waals surface area contributed by atoms with Crippen molar-refractivity contribution in [3.8, 4) is 0 Å². The maximum Gasteiger partial charge on any atom is 0.256 e. The number of thiocarbonyl (C=S) groups is 1. The van der Waals surface area contributed by atoms with Gasteiger partial charge in [0.25, 0.3) is 5.91 Å². The maximum atomic E-state index is 12.4. The Bertz CT molecular complexity index is 436. The molecule has 5 heteroatoms. The number of methoxy groups -OCH3 is 1. The highest BCUT2D eigenvalue weighted by Gasteiger charge is 2.26. The molecule has 2 atom stereocenters. The third kappa shape index (κ3) is 4.29. The minimum Gasteiger partial charge on any atom is -0.393 e. The molecule has 0 saturated heterocycles. The average molecular weight is 280 g/mol. The second kappa shape index (κ2) is 7.21. The molecule has 4 nitrogen and oxygen atoms in total. The largest absolute Gasteiger partial charge is 0.393 e. The van der Waals surface area contributed by atoms with Crippen molar-refractivity contribution < 1.29 is 9.53 Å². The number of hydrogen-bond acceptors (Lipinski definition) is 3. The average Bonchev–Trinajstić information content (AvgIpc) is 2.39. The SMILES string of the molecule is COC(C(=O)N(C)C(C)CC(N)=S)c1ccccc1. The highest BCUT2D eigenvalue weighted by atomic mass is 32.1. The number of hydrogen-bond donors (Lipinski definition) is 1. The van der Waals surface area contributed by atoms with Crippen LogP contribution in [0.4, 0.5) is 0 Å². The predicted octanol–water partition coefficient (Wildman–Crippen LogP) is 1.90. The summed E-state index contributed by atoms with van der Waals surface area (Å²) in [5.74, 6) is -0.0996. The van der Waals surface area contributed by atoms with Gasteiger partial charge in [-0.05, 0) is 12.5 Å². The molecule has 0 saturated carbocycles. The number of nitrogens with two attached hydrogens (primary N) is 1. The summed E-state index contributed by atoms with van der Waals surface area (Å²) in [6, 6.07) is 9.36. The zero-order valence-corrected chi connectivity index (χ0v) is 12.3. The van der Waals surface area contributed by atoms with Crippen LogP contribution in [0.2, 0.25) is 0 Å². The highest BCUT2D eigenvalue weighted by molar-refractivity contribution is 7.80. The van der Waals surface area contributed by atoms with E-state index in [1.165, 1.54) is 7.11 Å². The van der Waals surface area contributed by atoms with Gasteiger partial charge in [0, 0.05) is 26.6 Å². The smallest absolute Gasteiger partial charge is 0.256 e. The maximum absolute atomic E-state index is 12.4. The summed E-state index contributed by atoms with van der Waals surface area (Å²) in [5, 5.41) is 0. The Labute approximate surface area is 119 Å². The monoisotopic (exact) mass is 280 g/mol. The third-order valence-electron chi connectivity index (χ3n) is 3.07. The predicted molar refractivity (Wildman–Crippen MR) is 79.8 cm³/mol. The molecule has 0 fully saturated rings. The van der Waals surface area contributed by atoms with Crippen LogP contribution in [0.25, 0.3) is 0 Å². The molecule has 2 unspecified atom stereocenters. The fraction of sp³-hybridized carbons (Fsp3) is 0.429. The number of benzene rings is 1. The Balaban J connectivity index is 2.82. The molecule has 104 valence electrons. The minimum atomic E-state index is -0.597. The van der Waals surface area contributed by atoms with Crippen molar-refractivity contribution in [2.45, 2.75) is 25.5 Å². The van der Waals surface area contributed by atoms with Gasteiger partial charge in [-0.25, -0.2) is 0 Å². The Kier molecular flexibility index (Phi) is 5.92. The van der Waals surface area contributed by atoms with Crippen LogP contribution in [0.15, 0.2) is 30.3 Å². The number of amides is 1. The molecule has 1 aromatic rings. The second-order valence-corrected chi connectivity index (χ2v) is 5.02. The standard InChI is InChI=1S/C14H20N2O2S/c1-10(9-12(15)19)16(2)14(17)13(18-3)11-7-5-4-6-8-11/h4-8,10,13H,9H2,1-3H3,(H2,15,19). The molecule has 0 radical (unpaired) electrons. The van der Waals surface area contributed by atoms with Crippen molar-refractivity contribution in [2.75, 3.05) is 14.2 Å². The van der Waals surface area contributed by atoms with E-state index in [1.54, 1.807) is 11.9 Å². The van der Waals surface area contributed by atoms with E-state index in [0.29, 0.717) is 11.4 Å². The lowest BCUT2D eigenvalue weighted by molar-refractivity contribution is -0.142. The Hall–Kier alpha value is -1.46. The summed E-state index contributed by atoms with van der Waals surface area (Å²) in [5.41, 5.74) is 6.35. The van der Waals surface area contributed by atoms with Gasteiger partial charge in [0.2, 0.25) is 0 Å². The molecule has 0 heterocycles. The number of carbonyl (C=O) groups excluding carboxylic acids is 1. The summed E-state index contributed by atoms with van der Waals surface area (Å²) in [7, 11) is 3.27. The van der Waals surface area contributed by atoms with Gasteiger partial charge < -0.3 is 15.4 Å². The first-order chi connectivity index (χ1) is 8.97. The molecule has 0 aliphatic carbocycles. The zero-order chi connectivity index (χ0) is 14.4. The van der Waals surface area contributed by atoms with E-state index in [9.17, 15) is 4.79 Å². The van der Waals surface area contributed by atoms with Crippen molar-refractivity contribution in [1.29, 1.82) is 0 Å². The molecule has 0 aliphatic rings. The fourth-order valence-electron chi connectivity index (χ4n) is 1.84. The summed E-state index contributed by atoms with van der Waals surface area (Å²) in [6.45, 7) is 1.91. The lowest BCUT2D eigenvalue weighted by Gasteiger charge is -2.28. The fourth-order valence-corrected chi connectivity index (χ4v) is 2.08. The topological polar surface area (TPSA) is 55.6 Å². The molecular weight excluding hydrogens is 260 g/mol. The molecular formula is C14H20N2O2S. The number of rotatable bonds is 6. The van der Waals surface area contributed by atoms with Gasteiger partial charge in [0.05, 0.1) is 4.99 Å². The van der Waals surface area contributed by atoms with Gasteiger partial charge in [0.15, 0.2) is 6.10 Å². The summed E-state index contributed by atoms with van der Waals surface area (Å²) in [4.78, 5) is 14.4. The van der Waals surface area contributed by atoms with E-state index in [2.05, 4.69) is 0 Å². The van der Waals surface area contributed by atoms with Crippen LogP contribution in [0.1, 0.15) is 25.0 Å². The normalized spacial score (nSPS) is 13.6. The lowest BCUT2D eigenvalue weighted by atomic mass is 10.1. The molecule has 19 heavy (non-hydrogen) atoms. The van der Waals surface area contributed by atoms with Crippen LogP contribution in [0, 0.1) is 0 Å². The molecule has 0 aliphatic heterocycles. The quantitative estimate of drug-likeness (QED) is 0.809. The zero-order valence-electron chi connectivity index (χ0n) is 11.5. The van der Waals surface area contributed by atoms with Gasteiger partial charge in [0.1, 0.15) is 0 Å². The van der Waals surface area contributed by atoms with E-state index in [-0.39, 0.29) is 11.9 Å². The van der Waals surface area contributed by atoms with Crippen LogP contribution in [-0.4, -0.2) is 36.0 Å². The molecule has 1 amide bonds. The number of ether oxygens (including phenoxy) is 1. The summed E-state index contributed by atoms with van der Waals surface area (Å²) < 4.78 is 5.32. The van der Waals surface area contributed by atoms with Crippen LogP contribution < -0.4 is 5.73 Å². The number of likely N-dealkylation sites (N-methyl/N-ethyl adjacent to an activating group) is 1. The Morgan fingerprint density at radius 2 is 2.00 bits per heavy atom. The number of nitrogens with zero attached hydrogens (tertiary/aromatic N) is 1. The molecule has 0 aromatic heterocycles. The van der Waals surface area contributed by atoms with Gasteiger partial charge in [-0.1, -0.05) is 42.5 Å². The van der Waals surface area contributed by atoms with Gasteiger partial charge in [-0.2, -0.15) is 0 Å². The van der Waals surface area contributed by atoms with Crippen molar-refractivity contribution >= 4 is 23.1 Å². The van der Waals surface area contributed by atoms with Crippen LogP contribution in [0.5, 0.6) is 0 Å². The first-order valence-electron chi connectivity index (χ1n) is 6.10. The van der Waals surface area contributed by atoms with Gasteiger partial charge in [-0.15, -0.1) is 0 Å². The summed E-state index contributed by atoms with van der Waals surface area (Å²) in [6.07, 6.45) is -0.0945. The molecule has 2 N–H and O–H groups in total.